The van der Waals surface area contributed by atoms with E-state index in [4.69, 9.17) is 14.7 Å². The molecule has 0 atom stereocenters. The number of ether oxygens (including phenoxy) is 1. The molecule has 1 N–H and O–H groups in total. The summed E-state index contributed by atoms with van der Waals surface area (Å²) in [5.74, 6) is 0.830. The van der Waals surface area contributed by atoms with Gasteiger partial charge in [0.15, 0.2) is 10.8 Å². The third kappa shape index (κ3) is 5.05. The molecule has 1 saturated heterocycles. The third-order valence-electron chi connectivity index (χ3n) is 5.49. The van der Waals surface area contributed by atoms with Gasteiger partial charge in [-0.15, -0.1) is 0 Å². The van der Waals surface area contributed by atoms with Crippen LogP contribution in [-0.4, -0.2) is 63.8 Å². The second-order valence-electron chi connectivity index (χ2n) is 8.26. The predicted octanol–water partition coefficient (Wildman–Crippen LogP) is 3.21. The smallest absolute Gasteiger partial charge is 0.251 e. The second-order valence-corrected chi connectivity index (χ2v) is 9.80. The zero-order chi connectivity index (χ0) is 22.7. The number of aryl methyl sites for hydroxylation is 2. The summed E-state index contributed by atoms with van der Waals surface area (Å²) in [6.45, 7) is 12.3. The highest BCUT2D eigenvalue weighted by Gasteiger charge is 2.20. The van der Waals surface area contributed by atoms with Gasteiger partial charge in [-0.2, -0.15) is 5.10 Å². The van der Waals surface area contributed by atoms with Crippen LogP contribution in [0.5, 0.6) is 0 Å². The van der Waals surface area contributed by atoms with Gasteiger partial charge in [0.1, 0.15) is 5.82 Å². The van der Waals surface area contributed by atoms with Crippen molar-refractivity contribution >= 4 is 34.5 Å². The number of hydrogen-bond donors (Lipinski definition) is 1. The fraction of sp³-hybridized carbons (Fsp3) is 0.478. The standard InChI is InChI=1S/C23H30N6O2S/c1-15(2)32-23-26-20(28-9-11-31-12-10-28)19-14-25-29(21(19)27-23)8-7-24-22(30)18-6-5-16(3)17(4)13-18/h5-6,13-15H,7-12H2,1-4H3,(H,24,30). The molecule has 4 rings (SSSR count). The number of fused-ring (bicyclic) bond motifs is 1. The Morgan fingerprint density at radius 3 is 2.69 bits per heavy atom. The van der Waals surface area contributed by atoms with E-state index >= 15 is 0 Å². The van der Waals surface area contributed by atoms with Crippen molar-refractivity contribution in [3.05, 3.63) is 41.1 Å². The van der Waals surface area contributed by atoms with Gasteiger partial charge < -0.3 is 15.0 Å². The molecule has 0 bridgehead atoms. The van der Waals surface area contributed by atoms with Crippen molar-refractivity contribution in [2.24, 2.45) is 0 Å². The lowest BCUT2D eigenvalue weighted by molar-refractivity contribution is 0.0952. The van der Waals surface area contributed by atoms with Crippen molar-refractivity contribution in [2.75, 3.05) is 37.7 Å². The zero-order valence-electron chi connectivity index (χ0n) is 19.1. The fourth-order valence-electron chi connectivity index (χ4n) is 3.62. The number of nitrogens with zero attached hydrogens (tertiary/aromatic N) is 5. The molecule has 2 aromatic heterocycles. The van der Waals surface area contributed by atoms with Crippen molar-refractivity contribution in [1.82, 2.24) is 25.1 Å². The summed E-state index contributed by atoms with van der Waals surface area (Å²) in [5.41, 5.74) is 3.75. The third-order valence-corrected chi connectivity index (χ3v) is 6.35. The molecule has 0 unspecified atom stereocenters. The Morgan fingerprint density at radius 2 is 1.97 bits per heavy atom. The molecule has 8 nitrogen and oxygen atoms in total. The van der Waals surface area contributed by atoms with E-state index in [0.29, 0.717) is 37.1 Å². The van der Waals surface area contributed by atoms with E-state index in [2.05, 4.69) is 29.2 Å². The first kappa shape index (κ1) is 22.5. The van der Waals surface area contributed by atoms with Gasteiger partial charge in [0, 0.05) is 30.4 Å². The summed E-state index contributed by atoms with van der Waals surface area (Å²) in [4.78, 5) is 24.4. The highest BCUT2D eigenvalue weighted by molar-refractivity contribution is 7.99. The Balaban J connectivity index is 1.53. The van der Waals surface area contributed by atoms with Crippen LogP contribution in [0.25, 0.3) is 11.0 Å². The van der Waals surface area contributed by atoms with Crippen molar-refractivity contribution in [2.45, 2.75) is 44.6 Å². The number of amides is 1. The molecule has 170 valence electrons. The maximum atomic E-state index is 12.5. The first-order valence-corrected chi connectivity index (χ1v) is 11.9. The Labute approximate surface area is 192 Å². The summed E-state index contributed by atoms with van der Waals surface area (Å²) in [5, 5.41) is 9.61. The van der Waals surface area contributed by atoms with Crippen LogP contribution in [0, 0.1) is 13.8 Å². The molecular formula is C23H30N6O2S. The molecule has 9 heteroatoms. The average molecular weight is 455 g/mol. The Morgan fingerprint density at radius 1 is 1.19 bits per heavy atom. The minimum absolute atomic E-state index is 0.0794. The average Bonchev–Trinajstić information content (AvgIpc) is 3.18. The van der Waals surface area contributed by atoms with Crippen LogP contribution in [0.1, 0.15) is 35.3 Å². The summed E-state index contributed by atoms with van der Waals surface area (Å²) in [6.07, 6.45) is 1.83. The molecule has 0 spiro atoms. The maximum absolute atomic E-state index is 12.5. The highest BCUT2D eigenvalue weighted by Crippen LogP contribution is 2.29. The van der Waals surface area contributed by atoms with Crippen LogP contribution < -0.4 is 10.2 Å². The number of carbonyl (C=O) groups excluding carboxylic acids is 1. The van der Waals surface area contributed by atoms with E-state index < -0.39 is 0 Å². The lowest BCUT2D eigenvalue weighted by Gasteiger charge is -2.28. The minimum atomic E-state index is -0.0794. The van der Waals surface area contributed by atoms with Gasteiger partial charge in [0.25, 0.3) is 5.91 Å². The first-order valence-electron chi connectivity index (χ1n) is 11.0. The topological polar surface area (TPSA) is 85.2 Å². The summed E-state index contributed by atoms with van der Waals surface area (Å²) >= 11 is 1.64. The quantitative estimate of drug-likeness (QED) is 0.433. The maximum Gasteiger partial charge on any atom is 0.251 e. The van der Waals surface area contributed by atoms with Crippen LogP contribution in [-0.2, 0) is 11.3 Å². The lowest BCUT2D eigenvalue weighted by atomic mass is 10.1. The Hall–Kier alpha value is -2.65. The predicted molar refractivity (Wildman–Crippen MR) is 128 cm³/mol. The lowest BCUT2D eigenvalue weighted by Crippen LogP contribution is -2.37. The van der Waals surface area contributed by atoms with Crippen LogP contribution in [0.4, 0.5) is 5.82 Å². The van der Waals surface area contributed by atoms with E-state index in [9.17, 15) is 4.79 Å². The van der Waals surface area contributed by atoms with Gasteiger partial charge in [-0.25, -0.2) is 14.6 Å². The summed E-state index contributed by atoms with van der Waals surface area (Å²) < 4.78 is 7.36. The molecule has 0 radical (unpaired) electrons. The Kier molecular flexibility index (Phi) is 6.95. The number of thioether (sulfide) groups is 1. The van der Waals surface area contributed by atoms with E-state index in [1.165, 1.54) is 5.56 Å². The van der Waals surface area contributed by atoms with Crippen molar-refractivity contribution < 1.29 is 9.53 Å². The number of aromatic nitrogens is 4. The fourth-order valence-corrected chi connectivity index (χ4v) is 4.32. The van der Waals surface area contributed by atoms with Gasteiger partial charge in [-0.05, 0) is 37.1 Å². The molecule has 1 aromatic carbocycles. The normalized spacial score (nSPS) is 14.3. The molecule has 0 aliphatic carbocycles. The van der Waals surface area contributed by atoms with E-state index in [-0.39, 0.29) is 5.91 Å². The first-order chi connectivity index (χ1) is 15.4. The second kappa shape index (κ2) is 9.87. The van der Waals surface area contributed by atoms with Gasteiger partial charge in [-0.1, -0.05) is 31.7 Å². The number of benzene rings is 1. The van der Waals surface area contributed by atoms with Gasteiger partial charge in [0.2, 0.25) is 0 Å². The summed E-state index contributed by atoms with van der Waals surface area (Å²) in [6, 6.07) is 5.76. The highest BCUT2D eigenvalue weighted by atomic mass is 32.2. The Bertz CT molecular complexity index is 1110. The van der Waals surface area contributed by atoms with Crippen LogP contribution in [0.2, 0.25) is 0 Å². The number of nitrogens with one attached hydrogen (secondary N) is 1. The van der Waals surface area contributed by atoms with Crippen molar-refractivity contribution in [3.8, 4) is 0 Å². The molecule has 1 aliphatic heterocycles. The molecular weight excluding hydrogens is 424 g/mol. The molecule has 3 heterocycles. The molecule has 3 aromatic rings. The van der Waals surface area contributed by atoms with Gasteiger partial charge in [-0.3, -0.25) is 4.79 Å². The minimum Gasteiger partial charge on any atom is -0.378 e. The molecule has 1 aliphatic rings. The molecule has 1 amide bonds. The molecule has 0 saturated carbocycles. The van der Waals surface area contributed by atoms with Gasteiger partial charge >= 0.3 is 0 Å². The SMILES string of the molecule is Cc1ccc(C(=O)NCCn2ncc3c(N4CCOCC4)nc(SC(C)C)nc32)cc1C. The van der Waals surface area contributed by atoms with Crippen LogP contribution >= 0.6 is 11.8 Å². The molecule has 1 fully saturated rings. The number of anilines is 1. The number of hydrogen-bond acceptors (Lipinski definition) is 7. The largest absolute Gasteiger partial charge is 0.378 e. The van der Waals surface area contributed by atoms with Crippen LogP contribution in [0.15, 0.2) is 29.6 Å². The number of rotatable bonds is 7. The van der Waals surface area contributed by atoms with Crippen LogP contribution in [0.3, 0.4) is 0 Å². The number of morpholine rings is 1. The zero-order valence-corrected chi connectivity index (χ0v) is 19.9. The monoisotopic (exact) mass is 454 g/mol. The van der Waals surface area contributed by atoms with Crippen molar-refractivity contribution in [3.63, 3.8) is 0 Å². The van der Waals surface area contributed by atoms with Crippen molar-refractivity contribution in [1.29, 1.82) is 0 Å². The number of carbonyl (C=O) groups is 1. The molecule has 32 heavy (non-hydrogen) atoms. The van der Waals surface area contributed by atoms with E-state index in [0.717, 1.165) is 40.7 Å². The van der Waals surface area contributed by atoms with Gasteiger partial charge in [0.05, 0.1) is 31.3 Å². The van der Waals surface area contributed by atoms with E-state index in [1.807, 2.05) is 42.9 Å². The van der Waals surface area contributed by atoms with E-state index in [1.54, 1.807) is 11.8 Å². The summed E-state index contributed by atoms with van der Waals surface area (Å²) in [7, 11) is 0.